The van der Waals surface area contributed by atoms with E-state index >= 15 is 0 Å². The number of carbonyl (C=O) groups is 1. The Balaban J connectivity index is 2.92. The number of hydrogen-bond donors (Lipinski definition) is 1. The number of rotatable bonds is 1. The molecule has 1 aliphatic carbocycles. The highest BCUT2D eigenvalue weighted by atomic mass is 35.5. The second kappa shape index (κ2) is 5.74. The van der Waals surface area contributed by atoms with Gasteiger partial charge in [-0.1, -0.05) is 33.2 Å². The molecule has 1 aliphatic rings. The molecular formula is C12H20B8ClNO. The van der Waals surface area contributed by atoms with Gasteiger partial charge in [-0.05, 0) is 12.0 Å². The number of Topliss-reactive ketones (excluding diaryl/α,β-unsaturated/α-hetero) is 1. The fourth-order valence-electron chi connectivity index (χ4n) is 3.92. The molecule has 23 heavy (non-hydrogen) atoms. The first kappa shape index (κ1) is 18.7. The number of nitrogens with two attached hydrogens (primary N) is 1. The van der Waals surface area contributed by atoms with E-state index in [9.17, 15) is 4.79 Å². The van der Waals surface area contributed by atoms with Crippen molar-refractivity contribution in [3.05, 3.63) is 21.5 Å². The van der Waals surface area contributed by atoms with E-state index in [0.29, 0.717) is 5.02 Å². The van der Waals surface area contributed by atoms with Gasteiger partial charge in [0.1, 0.15) is 62.8 Å². The average Bonchev–Trinajstić information content (AvgIpc) is 2.47. The molecule has 1 aromatic rings. The summed E-state index contributed by atoms with van der Waals surface area (Å²) < 4.78 is 0. The summed E-state index contributed by atoms with van der Waals surface area (Å²) in [5.74, 6) is -0.00102. The first-order chi connectivity index (χ1) is 10.4. The highest BCUT2D eigenvalue weighted by Crippen LogP contribution is 2.49. The molecule has 11 heteroatoms. The van der Waals surface area contributed by atoms with Crippen LogP contribution in [0, 0.1) is 0 Å². The van der Waals surface area contributed by atoms with Gasteiger partial charge >= 0.3 is 0 Å². The van der Waals surface area contributed by atoms with Gasteiger partial charge in [0.2, 0.25) is 0 Å². The number of allylic oxidation sites excluding steroid dienone is 1. The van der Waals surface area contributed by atoms with Crippen molar-refractivity contribution in [3.63, 3.8) is 0 Å². The zero-order chi connectivity index (χ0) is 17.9. The Morgan fingerprint density at radius 1 is 0.913 bits per heavy atom. The van der Waals surface area contributed by atoms with Crippen LogP contribution in [0.1, 0.15) is 12.0 Å². The molecule has 0 amide bonds. The lowest BCUT2D eigenvalue weighted by molar-refractivity contribution is -0.121. The maximum atomic E-state index is 13.2. The third kappa shape index (κ3) is 2.44. The molecule has 2 nitrogen and oxygen atoms in total. The third-order valence-electron chi connectivity index (χ3n) is 6.12. The summed E-state index contributed by atoms with van der Waals surface area (Å²) in [6.45, 7) is 0. The lowest BCUT2D eigenvalue weighted by atomic mass is 9.36. The normalized spacial score (nSPS) is 24.0. The maximum Gasteiger partial charge on any atom is 0.171 e. The van der Waals surface area contributed by atoms with E-state index in [1.54, 1.807) is 0 Å². The smallest absolute Gasteiger partial charge is 0.171 e. The molecule has 2 rings (SSSR count). The van der Waals surface area contributed by atoms with Crippen molar-refractivity contribution in [2.75, 3.05) is 0 Å². The highest BCUT2D eigenvalue weighted by Gasteiger charge is 2.53. The number of hydrogen-bond acceptors (Lipinski definition) is 2. The largest absolute Gasteiger partial charge is 0.316 e. The molecule has 0 radical (unpaired) electrons. The van der Waals surface area contributed by atoms with Gasteiger partial charge in [0.15, 0.2) is 5.78 Å². The third-order valence-corrected chi connectivity index (χ3v) is 6.59. The van der Waals surface area contributed by atoms with Crippen LogP contribution in [0.4, 0.5) is 0 Å². The van der Waals surface area contributed by atoms with E-state index in [2.05, 4.69) is 31.4 Å². The van der Waals surface area contributed by atoms with Gasteiger partial charge in [-0.2, -0.15) is 0 Å². The Bertz CT molecular complexity index is 733. The van der Waals surface area contributed by atoms with Crippen molar-refractivity contribution in [2.45, 2.75) is 17.2 Å². The minimum Gasteiger partial charge on any atom is -0.316 e. The first-order valence-electron chi connectivity index (χ1n) is 8.14. The molecule has 0 fully saturated rings. The molecule has 0 saturated carbocycles. The molecule has 0 bridgehead atoms. The zero-order valence-corrected chi connectivity index (χ0v) is 16.3. The molecule has 2 N–H and O–H groups in total. The molecule has 0 saturated heterocycles. The molecule has 0 aliphatic heterocycles. The van der Waals surface area contributed by atoms with E-state index in [0.717, 1.165) is 33.9 Å². The lowest BCUT2D eigenvalue weighted by Crippen LogP contribution is -2.63. The van der Waals surface area contributed by atoms with Gasteiger partial charge < -0.3 is 5.73 Å². The predicted octanol–water partition coefficient (Wildman–Crippen LogP) is -8.64. The van der Waals surface area contributed by atoms with E-state index in [-0.39, 0.29) is 5.78 Å². The SMILES string of the molecule is BC1=C(B)C(=O)C(N)(c2c(B)c(B)c(B)c(B)c2Cl)C(B)(B)C1. The van der Waals surface area contributed by atoms with Crippen LogP contribution in [0.2, 0.25) is 10.2 Å². The topological polar surface area (TPSA) is 43.1 Å². The molecule has 0 heterocycles. The van der Waals surface area contributed by atoms with Crippen LogP contribution in [0.25, 0.3) is 0 Å². The Morgan fingerprint density at radius 3 is 1.91 bits per heavy atom. The molecule has 0 aromatic heterocycles. The van der Waals surface area contributed by atoms with Crippen molar-refractivity contribution in [1.82, 2.24) is 0 Å². The fourth-order valence-corrected chi connectivity index (χ4v) is 4.35. The van der Waals surface area contributed by atoms with Crippen LogP contribution >= 0.6 is 11.6 Å². The van der Waals surface area contributed by atoms with Crippen molar-refractivity contribution >= 4 is 102 Å². The van der Waals surface area contributed by atoms with Crippen molar-refractivity contribution in [3.8, 4) is 0 Å². The Hall–Kier alpha value is -0.601. The van der Waals surface area contributed by atoms with E-state index in [1.165, 1.54) is 10.9 Å². The molecule has 1 unspecified atom stereocenters. The molecule has 0 spiro atoms. The quantitative estimate of drug-likeness (QED) is 0.523. The minimum absolute atomic E-state index is 0.00102. The second-order valence-electron chi connectivity index (χ2n) is 7.79. The highest BCUT2D eigenvalue weighted by molar-refractivity contribution is 6.66. The van der Waals surface area contributed by atoms with E-state index in [4.69, 9.17) is 17.3 Å². The van der Waals surface area contributed by atoms with Crippen LogP contribution in [0.3, 0.4) is 0 Å². The van der Waals surface area contributed by atoms with E-state index in [1.807, 2.05) is 31.4 Å². The summed E-state index contributed by atoms with van der Waals surface area (Å²) in [5, 5.41) is 0.248. The minimum atomic E-state index is -1.10. The zero-order valence-electron chi connectivity index (χ0n) is 15.6. The average molecular weight is 316 g/mol. The van der Waals surface area contributed by atoms with Crippen molar-refractivity contribution < 1.29 is 4.79 Å². The van der Waals surface area contributed by atoms with Crippen LogP contribution in [0.5, 0.6) is 0 Å². The van der Waals surface area contributed by atoms with Crippen molar-refractivity contribution in [2.24, 2.45) is 5.73 Å². The Morgan fingerprint density at radius 2 is 1.39 bits per heavy atom. The predicted molar refractivity (Wildman–Crippen MR) is 124 cm³/mol. The van der Waals surface area contributed by atoms with Gasteiger partial charge in [0, 0.05) is 5.02 Å². The summed E-state index contributed by atoms with van der Waals surface area (Å²) >= 11 is 6.73. The fraction of sp³-hybridized carbons (Fsp3) is 0.250. The molecule has 1 aromatic carbocycles. The summed E-state index contributed by atoms with van der Waals surface area (Å²) in [4.78, 5) is 13.2. The lowest BCUT2D eigenvalue weighted by Gasteiger charge is -2.49. The maximum absolute atomic E-state index is 13.2. The van der Waals surface area contributed by atoms with Gasteiger partial charge in [-0.3, -0.25) is 4.79 Å². The number of benzene rings is 1. The Kier molecular flexibility index (Phi) is 4.67. The second-order valence-corrected chi connectivity index (χ2v) is 8.17. The van der Waals surface area contributed by atoms with Gasteiger partial charge in [0.25, 0.3) is 0 Å². The van der Waals surface area contributed by atoms with Crippen LogP contribution < -0.4 is 27.6 Å². The monoisotopic (exact) mass is 317 g/mol. The van der Waals surface area contributed by atoms with Gasteiger partial charge in [-0.25, -0.2) is 0 Å². The van der Waals surface area contributed by atoms with E-state index < -0.39 is 10.8 Å². The molecular weight excluding hydrogens is 296 g/mol. The molecule has 110 valence electrons. The van der Waals surface area contributed by atoms with Crippen LogP contribution in [0.15, 0.2) is 10.9 Å². The van der Waals surface area contributed by atoms with Gasteiger partial charge in [0.05, 0.1) is 5.54 Å². The number of ketones is 1. The number of halogens is 1. The number of carbonyl (C=O) groups excluding carboxylic acids is 1. The first-order valence-corrected chi connectivity index (χ1v) is 8.52. The summed E-state index contributed by atoms with van der Waals surface area (Å²) in [6.07, 6.45) is 0.794. The summed E-state index contributed by atoms with van der Waals surface area (Å²) in [5.41, 5.74) is 12.9. The van der Waals surface area contributed by atoms with Crippen LogP contribution in [-0.4, -0.2) is 68.6 Å². The van der Waals surface area contributed by atoms with Gasteiger partial charge in [-0.15, -0.1) is 16.4 Å². The Labute approximate surface area is 151 Å². The summed E-state index contributed by atoms with van der Waals surface area (Å²) in [6, 6.07) is 0. The standard InChI is InChI=1S/C12H20B8ClNO/c13-2-1-11(19,20)12(22,10(23)4(2)14)3-5(15)6(16)7(17)8(18)9(3)21/h1,13-20,22H2. The summed E-state index contributed by atoms with van der Waals surface area (Å²) in [7, 11) is 16.2. The van der Waals surface area contributed by atoms with Crippen molar-refractivity contribution in [1.29, 1.82) is 0 Å². The van der Waals surface area contributed by atoms with Crippen LogP contribution in [-0.2, 0) is 10.3 Å². The molecule has 1 atom stereocenters.